The number of fused-ring (bicyclic) bond motifs is 4. The maximum absolute atomic E-state index is 13.4. The lowest BCUT2D eigenvalue weighted by Gasteiger charge is -2.10. The van der Waals surface area contributed by atoms with Gasteiger partial charge in [0.15, 0.2) is 0 Å². The number of hydrogen-bond acceptors (Lipinski definition) is 3. The number of pyridine rings is 1. The Morgan fingerprint density at radius 2 is 1.64 bits per heavy atom. The second-order valence-corrected chi connectivity index (χ2v) is 9.51. The third kappa shape index (κ3) is 3.89. The van der Waals surface area contributed by atoms with E-state index in [9.17, 15) is 18.0 Å². The van der Waals surface area contributed by atoms with Crippen LogP contribution in [0.1, 0.15) is 21.6 Å². The van der Waals surface area contributed by atoms with Crippen LogP contribution < -0.4 is 5.32 Å². The molecule has 3 aromatic heterocycles. The lowest BCUT2D eigenvalue weighted by molar-refractivity contribution is -0.137. The van der Waals surface area contributed by atoms with E-state index in [4.69, 9.17) is 4.98 Å². The minimum Gasteiger partial charge on any atom is -0.347 e. The van der Waals surface area contributed by atoms with Crippen molar-refractivity contribution in [2.75, 3.05) is 0 Å². The molecule has 1 amide bonds. The number of aromatic nitrogens is 2. The fraction of sp³-hybridized carbons (Fsp3) is 0.0714. The number of alkyl halides is 3. The van der Waals surface area contributed by atoms with E-state index in [1.165, 1.54) is 16.8 Å². The van der Waals surface area contributed by atoms with Crippen LogP contribution in [0.2, 0.25) is 0 Å². The summed E-state index contributed by atoms with van der Waals surface area (Å²) < 4.78 is 42.6. The maximum atomic E-state index is 13.4. The standard InChI is InChI=1S/C28H18F3N3OS/c29-28(30,31)19-11-8-17(9-12-19)16-32-27(35)26-25(33-24-7-3-4-14-34(24)26)18-10-13-23-21(15-18)20-5-1-2-6-22(20)36-23/h1-15H,16H2,(H,32,35). The van der Waals surface area contributed by atoms with E-state index in [0.29, 0.717) is 22.6 Å². The number of nitrogens with zero attached hydrogens (tertiary/aromatic N) is 2. The molecule has 6 rings (SSSR count). The van der Waals surface area contributed by atoms with Crippen LogP contribution in [0.25, 0.3) is 37.1 Å². The van der Waals surface area contributed by atoms with Gasteiger partial charge in [-0.2, -0.15) is 13.2 Å². The number of imidazole rings is 1. The Kier molecular flexibility index (Phi) is 5.26. The summed E-state index contributed by atoms with van der Waals surface area (Å²) in [6.07, 6.45) is -2.63. The van der Waals surface area contributed by atoms with Gasteiger partial charge in [0, 0.05) is 38.5 Å². The van der Waals surface area contributed by atoms with Crippen LogP contribution in [0.3, 0.4) is 0 Å². The predicted octanol–water partition coefficient (Wildman–Crippen LogP) is 7.32. The van der Waals surface area contributed by atoms with Gasteiger partial charge in [-0.25, -0.2) is 4.98 Å². The van der Waals surface area contributed by atoms with Crippen LogP contribution >= 0.6 is 11.3 Å². The molecule has 36 heavy (non-hydrogen) atoms. The van der Waals surface area contributed by atoms with Gasteiger partial charge in [-0.1, -0.05) is 42.5 Å². The number of rotatable bonds is 4. The fourth-order valence-electron chi connectivity index (χ4n) is 4.37. The zero-order chi connectivity index (χ0) is 24.9. The van der Waals surface area contributed by atoms with Gasteiger partial charge >= 0.3 is 6.18 Å². The van der Waals surface area contributed by atoms with Gasteiger partial charge in [-0.15, -0.1) is 11.3 Å². The monoisotopic (exact) mass is 501 g/mol. The van der Waals surface area contributed by atoms with E-state index in [0.717, 1.165) is 33.2 Å². The molecule has 0 aliphatic rings. The molecule has 4 nitrogen and oxygen atoms in total. The third-order valence-corrected chi connectivity index (χ3v) is 7.28. The largest absolute Gasteiger partial charge is 0.416 e. The van der Waals surface area contributed by atoms with E-state index in [1.54, 1.807) is 21.9 Å². The highest BCUT2D eigenvalue weighted by Gasteiger charge is 2.30. The Morgan fingerprint density at radius 3 is 2.44 bits per heavy atom. The van der Waals surface area contributed by atoms with Crippen LogP contribution in [-0.2, 0) is 12.7 Å². The van der Waals surface area contributed by atoms with Crippen molar-refractivity contribution in [3.8, 4) is 11.3 Å². The van der Waals surface area contributed by atoms with Crippen molar-refractivity contribution in [2.24, 2.45) is 0 Å². The zero-order valence-electron chi connectivity index (χ0n) is 18.7. The summed E-state index contributed by atoms with van der Waals surface area (Å²) in [5.41, 5.74) is 2.20. The van der Waals surface area contributed by atoms with Crippen LogP contribution in [0.15, 0.2) is 91.1 Å². The van der Waals surface area contributed by atoms with Crippen molar-refractivity contribution in [3.05, 3.63) is 108 Å². The minimum absolute atomic E-state index is 0.0880. The molecule has 0 unspecified atom stereocenters. The number of carbonyl (C=O) groups excluding carboxylic acids is 1. The number of halogens is 3. The van der Waals surface area contributed by atoms with Crippen molar-refractivity contribution in [1.82, 2.24) is 14.7 Å². The molecule has 178 valence electrons. The second-order valence-electron chi connectivity index (χ2n) is 8.42. The molecule has 6 aromatic rings. The van der Waals surface area contributed by atoms with E-state index < -0.39 is 11.7 Å². The number of carbonyl (C=O) groups is 1. The zero-order valence-corrected chi connectivity index (χ0v) is 19.5. The molecule has 3 aromatic carbocycles. The molecule has 1 N–H and O–H groups in total. The molecule has 0 fully saturated rings. The van der Waals surface area contributed by atoms with Crippen molar-refractivity contribution < 1.29 is 18.0 Å². The Labute approximate surface area is 207 Å². The van der Waals surface area contributed by atoms with Gasteiger partial charge in [0.1, 0.15) is 17.0 Å². The Morgan fingerprint density at radius 1 is 0.889 bits per heavy atom. The van der Waals surface area contributed by atoms with E-state index >= 15 is 0 Å². The predicted molar refractivity (Wildman–Crippen MR) is 136 cm³/mol. The van der Waals surface area contributed by atoms with Crippen LogP contribution in [0, 0.1) is 0 Å². The first kappa shape index (κ1) is 22.3. The van der Waals surface area contributed by atoms with Crippen molar-refractivity contribution >= 4 is 43.1 Å². The van der Waals surface area contributed by atoms with Gasteiger partial charge in [-0.3, -0.25) is 9.20 Å². The smallest absolute Gasteiger partial charge is 0.347 e. The average Bonchev–Trinajstić information content (AvgIpc) is 3.45. The summed E-state index contributed by atoms with van der Waals surface area (Å²) in [5, 5.41) is 5.09. The molecule has 0 saturated heterocycles. The van der Waals surface area contributed by atoms with Gasteiger partial charge in [0.25, 0.3) is 5.91 Å². The van der Waals surface area contributed by atoms with E-state index in [1.807, 2.05) is 42.5 Å². The van der Waals surface area contributed by atoms with Crippen molar-refractivity contribution in [3.63, 3.8) is 0 Å². The van der Waals surface area contributed by atoms with Crippen LogP contribution in [0.4, 0.5) is 13.2 Å². The molecule has 0 aliphatic carbocycles. The highest BCUT2D eigenvalue weighted by Crippen LogP contribution is 2.37. The molecule has 0 radical (unpaired) electrons. The molecule has 0 aliphatic heterocycles. The number of amides is 1. The average molecular weight is 502 g/mol. The quantitative estimate of drug-likeness (QED) is 0.275. The number of hydrogen-bond donors (Lipinski definition) is 1. The third-order valence-electron chi connectivity index (χ3n) is 6.13. The molecule has 0 atom stereocenters. The lowest BCUT2D eigenvalue weighted by Crippen LogP contribution is -2.25. The Balaban J connectivity index is 1.37. The van der Waals surface area contributed by atoms with E-state index in [-0.39, 0.29) is 12.5 Å². The van der Waals surface area contributed by atoms with Crippen LogP contribution in [0.5, 0.6) is 0 Å². The van der Waals surface area contributed by atoms with Crippen LogP contribution in [-0.4, -0.2) is 15.3 Å². The summed E-state index contributed by atoms with van der Waals surface area (Å²) in [5.74, 6) is -0.362. The van der Waals surface area contributed by atoms with Gasteiger partial charge in [0.2, 0.25) is 0 Å². The van der Waals surface area contributed by atoms with Gasteiger partial charge in [0.05, 0.1) is 5.56 Å². The van der Waals surface area contributed by atoms with Gasteiger partial charge < -0.3 is 5.32 Å². The number of benzene rings is 3. The first-order valence-corrected chi connectivity index (χ1v) is 12.0. The van der Waals surface area contributed by atoms with Gasteiger partial charge in [-0.05, 0) is 48.0 Å². The molecule has 0 spiro atoms. The van der Waals surface area contributed by atoms with Crippen molar-refractivity contribution in [1.29, 1.82) is 0 Å². The number of thiophene rings is 1. The summed E-state index contributed by atoms with van der Waals surface area (Å²) >= 11 is 1.71. The molecule has 0 bridgehead atoms. The second kappa shape index (κ2) is 8.49. The molecule has 3 heterocycles. The summed E-state index contributed by atoms with van der Waals surface area (Å²) in [6, 6.07) is 24.5. The molecular weight excluding hydrogens is 483 g/mol. The minimum atomic E-state index is -4.40. The highest BCUT2D eigenvalue weighted by atomic mass is 32.1. The Bertz CT molecular complexity index is 1750. The molecule has 0 saturated carbocycles. The van der Waals surface area contributed by atoms with Crippen molar-refractivity contribution in [2.45, 2.75) is 12.7 Å². The SMILES string of the molecule is O=C(NCc1ccc(C(F)(F)F)cc1)c1c(-c2ccc3sc4ccccc4c3c2)nc2ccccn12. The fourth-order valence-corrected chi connectivity index (χ4v) is 5.45. The normalized spacial score (nSPS) is 12.0. The number of nitrogens with one attached hydrogen (secondary N) is 1. The summed E-state index contributed by atoms with van der Waals surface area (Å²) in [4.78, 5) is 18.1. The topological polar surface area (TPSA) is 46.4 Å². The molecular formula is C28H18F3N3OS. The summed E-state index contributed by atoms with van der Waals surface area (Å²) in [7, 11) is 0. The Hall–Kier alpha value is -4.17. The highest BCUT2D eigenvalue weighted by molar-refractivity contribution is 7.25. The molecule has 8 heteroatoms. The maximum Gasteiger partial charge on any atom is 0.416 e. The first-order valence-electron chi connectivity index (χ1n) is 11.2. The lowest BCUT2D eigenvalue weighted by atomic mass is 10.1. The summed E-state index contributed by atoms with van der Waals surface area (Å²) in [6.45, 7) is 0.0880. The van der Waals surface area contributed by atoms with E-state index in [2.05, 4.69) is 23.5 Å². The first-order chi connectivity index (χ1) is 17.4.